The number of halogens is 2. The first-order valence-corrected chi connectivity index (χ1v) is 3.38. The summed E-state index contributed by atoms with van der Waals surface area (Å²) in [5.74, 6) is 0. The van der Waals surface area contributed by atoms with Crippen molar-refractivity contribution in [3.05, 3.63) is 0 Å². The van der Waals surface area contributed by atoms with Crippen molar-refractivity contribution in [1.82, 2.24) is 0 Å². The molecule has 0 saturated carbocycles. The number of rotatable bonds is 1. The van der Waals surface area contributed by atoms with E-state index in [1.54, 1.807) is 0 Å². The highest BCUT2D eigenvalue weighted by Crippen LogP contribution is 2.23. The van der Waals surface area contributed by atoms with E-state index in [1.165, 1.54) is 0 Å². The molecule has 1 nitrogen and oxygen atoms in total. The molecule has 2 atom stereocenters. The maximum Gasteiger partial charge on any atom is 0.113 e. The van der Waals surface area contributed by atoms with E-state index < -0.39 is 0 Å². The third-order valence-corrected chi connectivity index (χ3v) is 1.72. The lowest BCUT2D eigenvalue weighted by Crippen LogP contribution is -1.93. The first-order chi connectivity index (χ1) is 2.80. The monoisotopic (exact) mass is 218 g/mol. The second-order valence-corrected chi connectivity index (χ2v) is 3.75. The van der Waals surface area contributed by atoms with E-state index in [2.05, 4.69) is 22.6 Å². The van der Waals surface area contributed by atoms with E-state index in [0.717, 1.165) is 6.61 Å². The minimum Gasteiger partial charge on any atom is -0.371 e. The predicted octanol–water partition coefficient (Wildman–Crippen LogP) is 1.39. The van der Waals surface area contributed by atoms with Gasteiger partial charge in [-0.25, -0.2) is 0 Å². The summed E-state index contributed by atoms with van der Waals surface area (Å²) >= 11 is 7.67. The first-order valence-electron chi connectivity index (χ1n) is 1.70. The molecule has 1 aliphatic rings. The van der Waals surface area contributed by atoms with Crippen molar-refractivity contribution in [3.8, 4) is 0 Å². The zero-order valence-corrected chi connectivity index (χ0v) is 5.94. The highest BCUT2D eigenvalue weighted by atomic mass is 127. The lowest BCUT2D eigenvalue weighted by molar-refractivity contribution is 0.422. The van der Waals surface area contributed by atoms with Crippen molar-refractivity contribution in [2.45, 2.75) is 9.49 Å². The van der Waals surface area contributed by atoms with Gasteiger partial charge in [-0.1, -0.05) is 22.6 Å². The third-order valence-electron chi connectivity index (χ3n) is 0.640. The second kappa shape index (κ2) is 1.84. The van der Waals surface area contributed by atoms with Crippen LogP contribution < -0.4 is 0 Å². The summed E-state index contributed by atoms with van der Waals surface area (Å²) in [7, 11) is 0. The summed E-state index contributed by atoms with van der Waals surface area (Å²) in [5, 5.41) is 0. The van der Waals surface area contributed by atoms with Crippen LogP contribution in [0.1, 0.15) is 0 Å². The van der Waals surface area contributed by atoms with Gasteiger partial charge in [0.2, 0.25) is 0 Å². The largest absolute Gasteiger partial charge is 0.371 e. The van der Waals surface area contributed by atoms with Crippen LogP contribution in [0.2, 0.25) is 0 Å². The molecule has 0 bridgehead atoms. The second-order valence-electron chi connectivity index (χ2n) is 1.21. The van der Waals surface area contributed by atoms with Crippen molar-refractivity contribution < 1.29 is 4.74 Å². The van der Waals surface area contributed by atoms with Crippen LogP contribution >= 0.6 is 34.2 Å². The van der Waals surface area contributed by atoms with Crippen LogP contribution in [0.5, 0.6) is 0 Å². The summed E-state index contributed by atoms with van der Waals surface area (Å²) in [6.07, 6.45) is 0.354. The Morgan fingerprint density at radius 1 is 2.00 bits per heavy atom. The fourth-order valence-electron chi connectivity index (χ4n) is 0.201. The molecule has 0 aromatic heterocycles. The molecule has 0 spiro atoms. The van der Waals surface area contributed by atoms with Gasteiger partial charge in [0, 0.05) is 0 Å². The molecule has 1 heterocycles. The molecular weight excluding hydrogens is 214 g/mol. The van der Waals surface area contributed by atoms with Gasteiger partial charge in [-0.05, 0) is 0 Å². The molecule has 0 N–H and O–H groups in total. The summed E-state index contributed by atoms with van der Waals surface area (Å²) in [5.41, 5.74) is 0. The average Bonchev–Trinajstić information content (AvgIpc) is 2.06. The number of hydrogen-bond acceptors (Lipinski definition) is 1. The van der Waals surface area contributed by atoms with E-state index in [4.69, 9.17) is 16.3 Å². The van der Waals surface area contributed by atoms with Gasteiger partial charge in [-0.2, -0.15) is 0 Å². The van der Waals surface area contributed by atoms with Crippen molar-refractivity contribution in [2.75, 3.05) is 6.61 Å². The molecule has 0 aromatic carbocycles. The van der Waals surface area contributed by atoms with Gasteiger partial charge in [0.1, 0.15) is 9.49 Å². The zero-order chi connectivity index (χ0) is 4.57. The van der Waals surface area contributed by atoms with Crippen molar-refractivity contribution in [2.24, 2.45) is 0 Å². The summed E-state index contributed by atoms with van der Waals surface area (Å²) in [6.45, 7) is 0.858. The Kier molecular flexibility index (Phi) is 1.57. The Morgan fingerprint density at radius 2 is 2.50 bits per heavy atom. The molecule has 1 rings (SSSR count). The maximum absolute atomic E-state index is 5.54. The lowest BCUT2D eigenvalue weighted by Gasteiger charge is -1.85. The Hall–Kier alpha value is 0.980. The van der Waals surface area contributed by atoms with Crippen molar-refractivity contribution in [1.29, 1.82) is 0 Å². The van der Waals surface area contributed by atoms with E-state index in [1.807, 2.05) is 0 Å². The molecule has 0 aliphatic carbocycles. The Bertz CT molecular complexity index is 52.8. The molecule has 1 fully saturated rings. The predicted molar refractivity (Wildman–Crippen MR) is 33.4 cm³/mol. The van der Waals surface area contributed by atoms with Crippen LogP contribution in [0.25, 0.3) is 0 Å². The quantitative estimate of drug-likeness (QED) is 0.368. The standard InChI is InChI=1S/C3H4ClIO/c4-3(5)2-1-6-2/h2-3H,1H2. The summed E-state index contributed by atoms with van der Waals surface area (Å²) in [6, 6.07) is 0. The number of epoxide rings is 1. The highest BCUT2D eigenvalue weighted by molar-refractivity contribution is 14.1. The van der Waals surface area contributed by atoms with E-state index in [-0.39, 0.29) is 3.38 Å². The van der Waals surface area contributed by atoms with Crippen LogP contribution in [0, 0.1) is 0 Å². The smallest absolute Gasteiger partial charge is 0.113 e. The molecule has 2 unspecified atom stereocenters. The van der Waals surface area contributed by atoms with Gasteiger partial charge in [-0.3, -0.25) is 0 Å². The summed E-state index contributed by atoms with van der Waals surface area (Å²) in [4.78, 5) is 0. The van der Waals surface area contributed by atoms with Crippen LogP contribution in [0.3, 0.4) is 0 Å². The Balaban J connectivity index is 2.13. The molecule has 1 saturated heterocycles. The Labute approximate surface area is 55.1 Å². The van der Waals surface area contributed by atoms with Crippen molar-refractivity contribution >= 4 is 34.2 Å². The lowest BCUT2D eigenvalue weighted by atomic mass is 10.6. The highest BCUT2D eigenvalue weighted by Gasteiger charge is 2.28. The minimum absolute atomic E-state index is 0.183. The van der Waals surface area contributed by atoms with Crippen LogP contribution in [-0.2, 0) is 4.74 Å². The average molecular weight is 218 g/mol. The zero-order valence-electron chi connectivity index (χ0n) is 3.03. The van der Waals surface area contributed by atoms with Gasteiger partial charge in [0.05, 0.1) is 6.61 Å². The van der Waals surface area contributed by atoms with Gasteiger partial charge in [-0.15, -0.1) is 11.6 Å². The first kappa shape index (κ1) is 5.12. The molecule has 3 heteroatoms. The number of ether oxygens (including phenoxy) is 1. The number of alkyl halides is 2. The van der Waals surface area contributed by atoms with E-state index >= 15 is 0 Å². The molecule has 36 valence electrons. The maximum atomic E-state index is 5.54. The van der Waals surface area contributed by atoms with Crippen LogP contribution in [0.4, 0.5) is 0 Å². The molecule has 0 aromatic rings. The van der Waals surface area contributed by atoms with Gasteiger partial charge < -0.3 is 4.74 Å². The molecule has 0 amide bonds. The molecule has 6 heavy (non-hydrogen) atoms. The minimum atomic E-state index is 0.183. The molecule has 0 radical (unpaired) electrons. The van der Waals surface area contributed by atoms with Gasteiger partial charge >= 0.3 is 0 Å². The molecule has 1 aliphatic heterocycles. The fourth-order valence-corrected chi connectivity index (χ4v) is 0.762. The topological polar surface area (TPSA) is 12.5 Å². The van der Waals surface area contributed by atoms with Crippen molar-refractivity contribution in [3.63, 3.8) is 0 Å². The van der Waals surface area contributed by atoms with Crippen LogP contribution in [0.15, 0.2) is 0 Å². The van der Waals surface area contributed by atoms with Gasteiger partial charge in [0.25, 0.3) is 0 Å². The Morgan fingerprint density at radius 3 is 2.50 bits per heavy atom. The van der Waals surface area contributed by atoms with Crippen LogP contribution in [-0.4, -0.2) is 16.1 Å². The van der Waals surface area contributed by atoms with Gasteiger partial charge in [0.15, 0.2) is 0 Å². The molecular formula is C3H4ClIO. The normalized spacial score (nSPS) is 36.0. The van der Waals surface area contributed by atoms with E-state index in [9.17, 15) is 0 Å². The number of hydrogen-bond donors (Lipinski definition) is 0. The SMILES string of the molecule is ClC(I)C1CO1. The summed E-state index contributed by atoms with van der Waals surface area (Å²) < 4.78 is 5.01. The van der Waals surface area contributed by atoms with E-state index in [0.29, 0.717) is 6.10 Å². The fraction of sp³-hybridized carbons (Fsp3) is 1.00. The third kappa shape index (κ3) is 1.24.